The van der Waals surface area contributed by atoms with Crippen molar-refractivity contribution in [1.82, 2.24) is 19.4 Å². The number of benzene rings is 1. The van der Waals surface area contributed by atoms with E-state index >= 15 is 0 Å². The average molecular weight is 484 g/mol. The lowest BCUT2D eigenvalue weighted by atomic mass is 9.97. The number of amides is 1. The van der Waals surface area contributed by atoms with Gasteiger partial charge in [-0.2, -0.15) is 9.40 Å². The molecule has 2 saturated heterocycles. The molecule has 0 spiro atoms. The van der Waals surface area contributed by atoms with E-state index in [1.165, 1.54) is 21.6 Å². The first kappa shape index (κ1) is 22.7. The molecule has 0 saturated carbocycles. The Bertz CT molecular complexity index is 1230. The Hall–Kier alpha value is -3.11. The van der Waals surface area contributed by atoms with Gasteiger partial charge in [0.2, 0.25) is 11.0 Å². The third-order valence-electron chi connectivity index (χ3n) is 6.67. The Morgan fingerprint density at radius 3 is 2.50 bits per heavy atom. The minimum Gasteiger partial charge on any atom is -0.442 e. The highest BCUT2D eigenvalue weighted by Gasteiger charge is 2.37. The Morgan fingerprint density at radius 1 is 1.03 bits per heavy atom. The lowest BCUT2D eigenvalue weighted by molar-refractivity contribution is -0.137. The number of nitrogens with zero attached hydrogens (tertiary/aromatic N) is 4. The van der Waals surface area contributed by atoms with Crippen LogP contribution in [0.4, 0.5) is 5.69 Å². The van der Waals surface area contributed by atoms with Crippen LogP contribution in [0.1, 0.15) is 18.4 Å². The summed E-state index contributed by atoms with van der Waals surface area (Å²) < 4.78 is 33.4. The number of carbonyl (C=O) groups is 1. The number of hydrogen-bond acceptors (Lipinski definition) is 6. The molecule has 180 valence electrons. The summed E-state index contributed by atoms with van der Waals surface area (Å²) in [7, 11) is -3.82. The minimum absolute atomic E-state index is 0.0426. The third-order valence-corrected chi connectivity index (χ3v) is 8.40. The number of piperidine rings is 1. The van der Waals surface area contributed by atoms with Crippen LogP contribution in [0.15, 0.2) is 58.2 Å². The van der Waals surface area contributed by atoms with Gasteiger partial charge < -0.3 is 14.2 Å². The Morgan fingerprint density at radius 2 is 1.79 bits per heavy atom. The van der Waals surface area contributed by atoms with Crippen LogP contribution in [0.3, 0.4) is 0 Å². The molecule has 1 N–H and O–H groups in total. The zero-order chi connectivity index (χ0) is 23.7. The first-order valence-corrected chi connectivity index (χ1v) is 13.1. The van der Waals surface area contributed by atoms with Gasteiger partial charge in [-0.05, 0) is 50.1 Å². The van der Waals surface area contributed by atoms with Crippen molar-refractivity contribution in [2.24, 2.45) is 5.92 Å². The number of aryl methyl sites for hydroxylation is 1. The number of anilines is 1. The molecular formula is C24H29N5O4S. The van der Waals surface area contributed by atoms with E-state index in [4.69, 9.17) is 4.42 Å². The lowest BCUT2D eigenvalue weighted by Crippen LogP contribution is -2.53. The molecule has 1 unspecified atom stereocenters. The molecule has 3 aromatic rings. The van der Waals surface area contributed by atoms with Gasteiger partial charge in [0.25, 0.3) is 10.0 Å². The molecule has 4 heterocycles. The highest BCUT2D eigenvalue weighted by atomic mass is 32.2. The van der Waals surface area contributed by atoms with Gasteiger partial charge in [0.05, 0.1) is 5.92 Å². The molecular weight excluding hydrogens is 454 g/mol. The van der Waals surface area contributed by atoms with Crippen LogP contribution in [-0.4, -0.2) is 73.0 Å². The Kier molecular flexibility index (Phi) is 6.18. The number of hydrogen-bond donors (Lipinski definition) is 1. The molecule has 0 bridgehead atoms. The van der Waals surface area contributed by atoms with E-state index in [-0.39, 0.29) is 23.5 Å². The molecule has 2 fully saturated rings. The van der Waals surface area contributed by atoms with Crippen LogP contribution in [0.25, 0.3) is 11.5 Å². The summed E-state index contributed by atoms with van der Waals surface area (Å²) in [5.74, 6) is 0.115. The largest absolute Gasteiger partial charge is 0.442 e. The summed E-state index contributed by atoms with van der Waals surface area (Å²) in [5, 5.41) is 6.52. The standard InChI is InChI=1S/C24H29N5O4S/c1-18-4-6-20(7-5-18)27-13-15-28(16-14-27)24(30)19-3-2-12-29(17-19)34(31,32)23-9-8-22(33-23)21-10-11-25-26-21/h4-11,19H,2-3,12-17H2,1H3,(H,25,26). The Labute approximate surface area is 199 Å². The van der Waals surface area contributed by atoms with Crippen molar-refractivity contribution in [3.63, 3.8) is 0 Å². The molecule has 0 radical (unpaired) electrons. The van der Waals surface area contributed by atoms with Gasteiger partial charge in [-0.1, -0.05) is 17.7 Å². The van der Waals surface area contributed by atoms with E-state index in [1.807, 2.05) is 4.90 Å². The van der Waals surface area contributed by atoms with Gasteiger partial charge in [-0.25, -0.2) is 8.42 Å². The number of rotatable bonds is 5. The number of aromatic amines is 1. The fourth-order valence-electron chi connectivity index (χ4n) is 4.69. The topological polar surface area (TPSA) is 103 Å². The molecule has 1 aromatic carbocycles. The molecule has 1 amide bonds. The molecule has 2 aliphatic rings. The van der Waals surface area contributed by atoms with Gasteiger partial charge in [-0.3, -0.25) is 9.89 Å². The maximum Gasteiger partial charge on any atom is 0.276 e. The van der Waals surface area contributed by atoms with Crippen LogP contribution in [0.2, 0.25) is 0 Å². The van der Waals surface area contributed by atoms with Crippen molar-refractivity contribution in [1.29, 1.82) is 0 Å². The summed E-state index contributed by atoms with van der Waals surface area (Å²) in [6.45, 7) is 5.45. The first-order chi connectivity index (χ1) is 16.4. The molecule has 10 heteroatoms. The summed E-state index contributed by atoms with van der Waals surface area (Å²) in [6, 6.07) is 13.2. The van der Waals surface area contributed by atoms with Crippen molar-refractivity contribution in [2.75, 3.05) is 44.2 Å². The van der Waals surface area contributed by atoms with Crippen molar-refractivity contribution in [3.05, 3.63) is 54.2 Å². The highest BCUT2D eigenvalue weighted by Crippen LogP contribution is 2.29. The fraction of sp³-hybridized carbons (Fsp3) is 0.417. The maximum atomic E-state index is 13.3. The summed E-state index contributed by atoms with van der Waals surface area (Å²) >= 11 is 0. The molecule has 2 aliphatic heterocycles. The quantitative estimate of drug-likeness (QED) is 0.599. The maximum absolute atomic E-state index is 13.3. The second-order valence-electron chi connectivity index (χ2n) is 8.94. The van der Waals surface area contributed by atoms with E-state index in [2.05, 4.69) is 46.3 Å². The number of carbonyl (C=O) groups excluding carboxylic acids is 1. The van der Waals surface area contributed by atoms with Crippen LogP contribution in [0, 0.1) is 12.8 Å². The van der Waals surface area contributed by atoms with Crippen LogP contribution >= 0.6 is 0 Å². The number of sulfonamides is 1. The Balaban J connectivity index is 1.22. The van der Waals surface area contributed by atoms with Crippen molar-refractivity contribution in [2.45, 2.75) is 24.9 Å². The van der Waals surface area contributed by atoms with Gasteiger partial charge in [0, 0.05) is 51.2 Å². The SMILES string of the molecule is Cc1ccc(N2CCN(C(=O)C3CCCN(S(=O)(=O)c4ccc(-c5ccn[nH]5)o4)C3)CC2)cc1. The van der Waals surface area contributed by atoms with Gasteiger partial charge in [-0.15, -0.1) is 0 Å². The normalized spacial score (nSPS) is 20.0. The summed E-state index contributed by atoms with van der Waals surface area (Å²) in [4.78, 5) is 17.4. The van der Waals surface area contributed by atoms with Crippen LogP contribution in [0.5, 0.6) is 0 Å². The predicted molar refractivity (Wildman–Crippen MR) is 128 cm³/mol. The highest BCUT2D eigenvalue weighted by molar-refractivity contribution is 7.89. The average Bonchev–Trinajstić information content (AvgIpc) is 3.57. The van der Waals surface area contributed by atoms with E-state index in [9.17, 15) is 13.2 Å². The van der Waals surface area contributed by atoms with Gasteiger partial charge in [0.15, 0.2) is 5.76 Å². The zero-order valence-corrected chi connectivity index (χ0v) is 20.0. The molecule has 34 heavy (non-hydrogen) atoms. The molecule has 2 aromatic heterocycles. The molecule has 0 aliphatic carbocycles. The number of furan rings is 1. The number of nitrogens with one attached hydrogen (secondary N) is 1. The smallest absolute Gasteiger partial charge is 0.276 e. The van der Waals surface area contributed by atoms with E-state index in [0.717, 1.165) is 13.1 Å². The monoisotopic (exact) mass is 483 g/mol. The van der Waals surface area contributed by atoms with Gasteiger partial charge in [0.1, 0.15) is 5.69 Å². The first-order valence-electron chi connectivity index (χ1n) is 11.6. The van der Waals surface area contributed by atoms with E-state index < -0.39 is 10.0 Å². The second-order valence-corrected chi connectivity index (χ2v) is 10.8. The zero-order valence-electron chi connectivity index (χ0n) is 19.2. The predicted octanol–water partition coefficient (Wildman–Crippen LogP) is 2.73. The van der Waals surface area contributed by atoms with Crippen molar-refractivity contribution in [3.8, 4) is 11.5 Å². The summed E-state index contributed by atoms with van der Waals surface area (Å²) in [6.07, 6.45) is 2.92. The molecule has 9 nitrogen and oxygen atoms in total. The van der Waals surface area contributed by atoms with Gasteiger partial charge >= 0.3 is 0 Å². The number of H-pyrrole nitrogens is 1. The van der Waals surface area contributed by atoms with E-state index in [0.29, 0.717) is 43.9 Å². The number of aromatic nitrogens is 2. The van der Waals surface area contributed by atoms with Crippen molar-refractivity contribution < 1.29 is 17.6 Å². The fourth-order valence-corrected chi connectivity index (χ4v) is 6.12. The lowest BCUT2D eigenvalue weighted by Gasteiger charge is -2.39. The van der Waals surface area contributed by atoms with E-state index in [1.54, 1.807) is 18.3 Å². The molecule has 5 rings (SSSR count). The van der Waals surface area contributed by atoms with Crippen LogP contribution in [-0.2, 0) is 14.8 Å². The summed E-state index contributed by atoms with van der Waals surface area (Å²) in [5.41, 5.74) is 3.00. The number of piperazine rings is 1. The van der Waals surface area contributed by atoms with Crippen LogP contribution < -0.4 is 4.90 Å². The minimum atomic E-state index is -3.82. The molecule has 1 atom stereocenters. The second kappa shape index (κ2) is 9.27. The van der Waals surface area contributed by atoms with Crippen molar-refractivity contribution >= 4 is 21.6 Å². The third kappa shape index (κ3) is 4.47.